The van der Waals surface area contributed by atoms with Crippen molar-refractivity contribution in [3.05, 3.63) is 33.1 Å². The van der Waals surface area contributed by atoms with Gasteiger partial charge in [0.25, 0.3) is 5.91 Å². The lowest BCUT2D eigenvalue weighted by molar-refractivity contribution is -0.139. The average Bonchev–Trinajstić information content (AvgIpc) is 2.72. The van der Waals surface area contributed by atoms with E-state index in [2.05, 4.69) is 15.9 Å². The van der Waals surface area contributed by atoms with Crippen LogP contribution in [0.15, 0.2) is 27.6 Å². The summed E-state index contributed by atoms with van der Waals surface area (Å²) in [6, 6.07) is 5.15. The van der Waals surface area contributed by atoms with Crippen molar-refractivity contribution < 1.29 is 19.4 Å². The summed E-state index contributed by atoms with van der Waals surface area (Å²) in [4.78, 5) is 24.9. The molecule has 1 N–H and O–H groups in total. The summed E-state index contributed by atoms with van der Waals surface area (Å²) in [5.41, 5.74) is 0.618. The van der Waals surface area contributed by atoms with Gasteiger partial charge < -0.3 is 9.84 Å². The number of carbonyl (C=O) groups excluding carboxylic acids is 1. The molecule has 1 aliphatic rings. The van der Waals surface area contributed by atoms with Crippen LogP contribution in [0.4, 0.5) is 0 Å². The second-order valence-corrected chi connectivity index (χ2v) is 6.88. The van der Waals surface area contributed by atoms with Crippen molar-refractivity contribution in [3.63, 3.8) is 0 Å². The van der Waals surface area contributed by atoms with Crippen molar-refractivity contribution in [2.75, 3.05) is 13.2 Å². The highest BCUT2D eigenvalue weighted by molar-refractivity contribution is 9.10. The van der Waals surface area contributed by atoms with Gasteiger partial charge in [0.05, 0.1) is 4.91 Å². The summed E-state index contributed by atoms with van der Waals surface area (Å²) in [6.45, 7) is 1.93. The number of rotatable bonds is 5. The number of nitrogens with zero attached hydrogens (tertiary/aromatic N) is 1. The van der Waals surface area contributed by atoms with Gasteiger partial charge in [0.1, 0.15) is 10.1 Å². The van der Waals surface area contributed by atoms with Gasteiger partial charge in [-0.05, 0) is 31.2 Å². The van der Waals surface area contributed by atoms with Crippen LogP contribution in [-0.4, -0.2) is 39.4 Å². The Bertz CT molecular complexity index is 675. The number of likely N-dealkylation sites (N-methyl/N-ethyl adjacent to an activating group) is 1. The van der Waals surface area contributed by atoms with Gasteiger partial charge in [-0.25, -0.2) is 4.79 Å². The van der Waals surface area contributed by atoms with E-state index in [1.807, 2.05) is 6.92 Å². The lowest BCUT2D eigenvalue weighted by Crippen LogP contribution is -2.27. The lowest BCUT2D eigenvalue weighted by Gasteiger charge is -2.10. The van der Waals surface area contributed by atoms with Gasteiger partial charge in [0, 0.05) is 16.6 Å². The zero-order chi connectivity index (χ0) is 16.3. The van der Waals surface area contributed by atoms with Gasteiger partial charge in [0.2, 0.25) is 0 Å². The minimum Gasteiger partial charge on any atom is -0.481 e. The molecule has 22 heavy (non-hydrogen) atoms. The van der Waals surface area contributed by atoms with Crippen LogP contribution in [0.1, 0.15) is 12.5 Å². The quantitative estimate of drug-likeness (QED) is 0.603. The van der Waals surface area contributed by atoms with Crippen molar-refractivity contribution in [2.45, 2.75) is 6.92 Å². The first kappa shape index (κ1) is 17.0. The van der Waals surface area contributed by atoms with Crippen molar-refractivity contribution in [3.8, 4) is 5.75 Å². The Labute approximate surface area is 145 Å². The standard InChI is InChI=1S/C14H12BrNO4S2/c1-2-16-13(19)11(22-14(16)21)6-8-5-9(15)3-4-10(8)20-7-12(17)18/h3-6H,2,7H2,1H3,(H,17,18)/b11-6+. The minimum atomic E-state index is -1.06. The summed E-state index contributed by atoms with van der Waals surface area (Å²) < 4.78 is 6.56. The number of aliphatic carboxylic acids is 1. The Kier molecular flexibility index (Phi) is 5.60. The van der Waals surface area contributed by atoms with Crippen molar-refractivity contribution in [1.29, 1.82) is 0 Å². The van der Waals surface area contributed by atoms with Gasteiger partial charge in [-0.1, -0.05) is 39.9 Å². The van der Waals surface area contributed by atoms with E-state index in [-0.39, 0.29) is 5.91 Å². The summed E-state index contributed by atoms with van der Waals surface area (Å²) in [5, 5.41) is 8.72. The number of hydrogen-bond acceptors (Lipinski definition) is 5. The number of carbonyl (C=O) groups is 2. The first-order valence-corrected chi connectivity index (χ1v) is 8.33. The predicted octanol–water partition coefficient (Wildman–Crippen LogP) is 3.13. The predicted molar refractivity (Wildman–Crippen MR) is 92.8 cm³/mol. The third kappa shape index (κ3) is 3.88. The molecule has 0 spiro atoms. The van der Waals surface area contributed by atoms with Crippen LogP contribution in [0.2, 0.25) is 0 Å². The third-order valence-corrected chi connectivity index (χ3v) is 4.67. The molecule has 1 aromatic rings. The van der Waals surface area contributed by atoms with Gasteiger partial charge in [-0.15, -0.1) is 0 Å². The molecule has 0 bridgehead atoms. The topological polar surface area (TPSA) is 66.8 Å². The largest absolute Gasteiger partial charge is 0.481 e. The molecule has 1 amide bonds. The van der Waals surface area contributed by atoms with Crippen molar-refractivity contribution in [2.24, 2.45) is 0 Å². The second kappa shape index (κ2) is 7.26. The summed E-state index contributed by atoms with van der Waals surface area (Å²) >= 11 is 9.73. The Morgan fingerprint density at radius 2 is 2.27 bits per heavy atom. The van der Waals surface area contributed by atoms with Gasteiger partial charge >= 0.3 is 5.97 Å². The van der Waals surface area contributed by atoms with E-state index < -0.39 is 12.6 Å². The number of halogens is 1. The zero-order valence-electron chi connectivity index (χ0n) is 11.5. The Morgan fingerprint density at radius 1 is 1.55 bits per heavy atom. The fraction of sp³-hybridized carbons (Fsp3) is 0.214. The molecule has 116 valence electrons. The molecule has 1 saturated heterocycles. The maximum atomic E-state index is 12.2. The highest BCUT2D eigenvalue weighted by Crippen LogP contribution is 2.34. The molecule has 0 aromatic heterocycles. The van der Waals surface area contributed by atoms with Gasteiger partial charge in [-0.2, -0.15) is 0 Å². The van der Waals surface area contributed by atoms with Crippen LogP contribution in [0, 0.1) is 0 Å². The number of amides is 1. The number of carboxylic acids is 1. The molecule has 8 heteroatoms. The SMILES string of the molecule is CCN1C(=O)/C(=C\c2cc(Br)ccc2OCC(=O)O)SC1=S. The second-order valence-electron chi connectivity index (χ2n) is 4.29. The average molecular weight is 402 g/mol. The number of ether oxygens (including phenoxy) is 1. The highest BCUT2D eigenvalue weighted by atomic mass is 79.9. The zero-order valence-corrected chi connectivity index (χ0v) is 14.8. The van der Waals surface area contributed by atoms with E-state index in [1.54, 1.807) is 24.3 Å². The maximum absolute atomic E-state index is 12.2. The lowest BCUT2D eigenvalue weighted by atomic mass is 10.2. The number of benzene rings is 1. The molecule has 0 atom stereocenters. The van der Waals surface area contributed by atoms with Gasteiger partial charge in [0.15, 0.2) is 6.61 Å². The molecule has 0 unspecified atom stereocenters. The normalized spacial score (nSPS) is 16.5. The summed E-state index contributed by atoms with van der Waals surface area (Å²) in [6.07, 6.45) is 1.66. The first-order valence-electron chi connectivity index (χ1n) is 6.32. The molecule has 1 fully saturated rings. The van der Waals surface area contributed by atoms with Crippen LogP contribution in [0.3, 0.4) is 0 Å². The van der Waals surface area contributed by atoms with Crippen LogP contribution in [0.5, 0.6) is 5.75 Å². The monoisotopic (exact) mass is 401 g/mol. The smallest absolute Gasteiger partial charge is 0.341 e. The minimum absolute atomic E-state index is 0.151. The van der Waals surface area contributed by atoms with Crippen LogP contribution < -0.4 is 4.74 Å². The van der Waals surface area contributed by atoms with Crippen LogP contribution >= 0.6 is 39.9 Å². The number of thiocarbonyl (C=S) groups is 1. The maximum Gasteiger partial charge on any atom is 0.341 e. The Hall–Kier alpha value is -1.38. The molecule has 0 aliphatic carbocycles. The van der Waals surface area contributed by atoms with Crippen LogP contribution in [-0.2, 0) is 9.59 Å². The molecular weight excluding hydrogens is 390 g/mol. The molecule has 2 rings (SSSR count). The number of thioether (sulfide) groups is 1. The Balaban J connectivity index is 2.34. The molecule has 0 radical (unpaired) electrons. The molecule has 1 aromatic carbocycles. The van der Waals surface area contributed by atoms with E-state index in [1.165, 1.54) is 16.7 Å². The highest BCUT2D eigenvalue weighted by Gasteiger charge is 2.30. The Morgan fingerprint density at radius 3 is 2.86 bits per heavy atom. The summed E-state index contributed by atoms with van der Waals surface area (Å²) in [5.74, 6) is -0.819. The van der Waals surface area contributed by atoms with E-state index in [4.69, 9.17) is 22.1 Å². The van der Waals surface area contributed by atoms with E-state index >= 15 is 0 Å². The van der Waals surface area contributed by atoms with E-state index in [0.717, 1.165) is 4.47 Å². The van der Waals surface area contributed by atoms with E-state index in [0.29, 0.717) is 27.1 Å². The summed E-state index contributed by atoms with van der Waals surface area (Å²) in [7, 11) is 0. The fourth-order valence-corrected chi connectivity index (χ4v) is 3.57. The number of hydrogen-bond donors (Lipinski definition) is 1. The molecule has 5 nitrogen and oxygen atoms in total. The van der Waals surface area contributed by atoms with Gasteiger partial charge in [-0.3, -0.25) is 9.69 Å². The molecule has 1 aliphatic heterocycles. The third-order valence-electron chi connectivity index (χ3n) is 2.80. The fourth-order valence-electron chi connectivity index (χ4n) is 1.82. The molecule has 1 heterocycles. The molecular formula is C14H12BrNO4S2. The molecule has 0 saturated carbocycles. The van der Waals surface area contributed by atoms with E-state index in [9.17, 15) is 9.59 Å². The number of carboxylic acid groups (broad SMARTS) is 1. The van der Waals surface area contributed by atoms with Crippen molar-refractivity contribution >= 4 is 62.2 Å². The van der Waals surface area contributed by atoms with Crippen LogP contribution in [0.25, 0.3) is 6.08 Å². The first-order chi connectivity index (χ1) is 10.4. The van der Waals surface area contributed by atoms with Crippen molar-refractivity contribution in [1.82, 2.24) is 4.90 Å².